The number of fused-ring (bicyclic) bond motifs is 1. The van der Waals surface area contributed by atoms with Crippen molar-refractivity contribution in [2.75, 3.05) is 0 Å². The minimum atomic E-state index is -3.81. The van der Waals surface area contributed by atoms with Gasteiger partial charge in [-0.25, -0.2) is 8.42 Å². The summed E-state index contributed by atoms with van der Waals surface area (Å²) in [5, 5.41) is 0.992. The summed E-state index contributed by atoms with van der Waals surface area (Å²) in [6, 6.07) is 10.4. The molecule has 1 aliphatic heterocycles. The van der Waals surface area contributed by atoms with Crippen LogP contribution in [0.3, 0.4) is 0 Å². The molecule has 0 bridgehead atoms. The number of benzene rings is 1. The van der Waals surface area contributed by atoms with E-state index in [1.165, 1.54) is 0 Å². The summed E-state index contributed by atoms with van der Waals surface area (Å²) in [4.78, 5) is 0. The second kappa shape index (κ2) is 6.01. The van der Waals surface area contributed by atoms with Crippen molar-refractivity contribution in [3.63, 3.8) is 0 Å². The van der Waals surface area contributed by atoms with E-state index in [9.17, 15) is 16.8 Å². The standard InChI is InChI=1S/C15H16O5S3/c1-11-9-14(13-7-8-21-15(13)23(11,18)19)20-22(16,17)10-12-5-3-2-4-6-12/h2-8,11,14H,9-10H2,1H3/t11-,14+/m0/s1. The van der Waals surface area contributed by atoms with Crippen molar-refractivity contribution in [1.29, 1.82) is 0 Å². The molecule has 124 valence electrons. The van der Waals surface area contributed by atoms with Gasteiger partial charge in [0.25, 0.3) is 10.1 Å². The number of sulfone groups is 1. The third-order valence-electron chi connectivity index (χ3n) is 3.79. The first kappa shape index (κ1) is 16.6. The molecule has 0 saturated carbocycles. The fourth-order valence-electron chi connectivity index (χ4n) is 2.59. The molecule has 0 unspecified atom stereocenters. The van der Waals surface area contributed by atoms with Crippen molar-refractivity contribution >= 4 is 31.3 Å². The van der Waals surface area contributed by atoms with Gasteiger partial charge < -0.3 is 0 Å². The van der Waals surface area contributed by atoms with Gasteiger partial charge >= 0.3 is 0 Å². The maximum absolute atomic E-state index is 12.3. The Morgan fingerprint density at radius 3 is 2.61 bits per heavy atom. The van der Waals surface area contributed by atoms with Crippen molar-refractivity contribution in [1.82, 2.24) is 0 Å². The topological polar surface area (TPSA) is 77.5 Å². The summed E-state index contributed by atoms with van der Waals surface area (Å²) in [5.41, 5.74) is 1.08. The van der Waals surface area contributed by atoms with Crippen molar-refractivity contribution in [2.45, 2.75) is 34.7 Å². The molecular weight excluding hydrogens is 356 g/mol. The molecule has 0 amide bonds. The van der Waals surface area contributed by atoms with Crippen LogP contribution in [0.4, 0.5) is 0 Å². The Kier molecular flexibility index (Phi) is 4.35. The number of rotatable bonds is 4. The minimum absolute atomic E-state index is 0.139. The van der Waals surface area contributed by atoms with Crippen molar-refractivity contribution < 1.29 is 21.0 Å². The van der Waals surface area contributed by atoms with Crippen LogP contribution in [-0.4, -0.2) is 22.1 Å². The molecule has 2 heterocycles. The summed E-state index contributed by atoms with van der Waals surface area (Å²) in [6.45, 7) is 1.58. The molecular formula is C15H16O5S3. The first-order valence-electron chi connectivity index (χ1n) is 7.06. The molecule has 1 aliphatic rings. The molecule has 23 heavy (non-hydrogen) atoms. The lowest BCUT2D eigenvalue weighted by Gasteiger charge is -2.26. The summed E-state index contributed by atoms with van der Waals surface area (Å²) >= 11 is 1.11. The summed E-state index contributed by atoms with van der Waals surface area (Å²) in [7, 11) is -7.19. The van der Waals surface area contributed by atoms with Crippen LogP contribution in [0.15, 0.2) is 46.0 Å². The lowest BCUT2D eigenvalue weighted by Crippen LogP contribution is -2.29. The van der Waals surface area contributed by atoms with E-state index >= 15 is 0 Å². The first-order valence-corrected chi connectivity index (χ1v) is 11.1. The quantitative estimate of drug-likeness (QED) is 0.771. The fourth-order valence-corrected chi connectivity index (χ4v) is 6.99. The largest absolute Gasteiger partial charge is 0.272 e. The number of thiophene rings is 1. The lowest BCUT2D eigenvalue weighted by atomic mass is 10.1. The van der Waals surface area contributed by atoms with E-state index in [1.807, 2.05) is 6.07 Å². The van der Waals surface area contributed by atoms with E-state index in [2.05, 4.69) is 0 Å². The Morgan fingerprint density at radius 2 is 1.91 bits per heavy atom. The molecule has 0 N–H and O–H groups in total. The van der Waals surface area contributed by atoms with Crippen LogP contribution in [0.25, 0.3) is 0 Å². The monoisotopic (exact) mass is 372 g/mol. The molecule has 2 aromatic rings. The van der Waals surface area contributed by atoms with Crippen LogP contribution in [0, 0.1) is 0 Å². The predicted molar refractivity (Wildman–Crippen MR) is 88.5 cm³/mol. The smallest absolute Gasteiger partial charge is 0.262 e. The molecule has 0 radical (unpaired) electrons. The Balaban J connectivity index is 1.86. The summed E-state index contributed by atoms with van der Waals surface area (Å²) in [6.07, 6.45) is -0.608. The van der Waals surface area contributed by atoms with Gasteiger partial charge in [0.2, 0.25) is 0 Å². The number of hydrogen-bond acceptors (Lipinski definition) is 6. The van der Waals surface area contributed by atoms with E-state index in [4.69, 9.17) is 4.18 Å². The second-order valence-electron chi connectivity index (χ2n) is 5.53. The minimum Gasteiger partial charge on any atom is -0.262 e. The zero-order valence-corrected chi connectivity index (χ0v) is 14.8. The maximum atomic E-state index is 12.3. The fraction of sp³-hybridized carbons (Fsp3) is 0.333. The Labute approximate surface area is 140 Å². The van der Waals surface area contributed by atoms with Gasteiger partial charge in [-0.15, -0.1) is 11.3 Å². The SMILES string of the molecule is C[C@H]1C[C@@H](OS(=O)(=O)Cc2ccccc2)c2ccsc2S1(=O)=O. The van der Waals surface area contributed by atoms with E-state index < -0.39 is 31.3 Å². The third-order valence-corrected chi connectivity index (χ3v) is 8.71. The van der Waals surface area contributed by atoms with E-state index in [1.54, 1.807) is 42.6 Å². The van der Waals surface area contributed by atoms with Gasteiger partial charge in [-0.1, -0.05) is 30.3 Å². The van der Waals surface area contributed by atoms with Gasteiger partial charge in [0.1, 0.15) is 16.1 Å². The molecule has 0 saturated heterocycles. The second-order valence-corrected chi connectivity index (χ2v) is 10.6. The molecule has 3 rings (SSSR count). The van der Waals surface area contributed by atoms with Gasteiger partial charge in [0.15, 0.2) is 9.84 Å². The highest BCUT2D eigenvalue weighted by Crippen LogP contribution is 2.42. The molecule has 8 heteroatoms. The summed E-state index contributed by atoms with van der Waals surface area (Å²) in [5.74, 6) is -0.231. The van der Waals surface area contributed by atoms with Gasteiger partial charge in [-0.3, -0.25) is 4.18 Å². The van der Waals surface area contributed by atoms with Crippen molar-refractivity contribution in [3.8, 4) is 0 Å². The van der Waals surface area contributed by atoms with Crippen molar-refractivity contribution in [2.24, 2.45) is 0 Å². The number of hydrogen-bond donors (Lipinski definition) is 0. The normalized spacial score (nSPS) is 23.3. The summed E-state index contributed by atoms with van der Waals surface area (Å²) < 4.78 is 54.7. The van der Waals surface area contributed by atoms with Crippen molar-refractivity contribution in [3.05, 3.63) is 52.9 Å². The molecule has 0 fully saturated rings. The van der Waals surface area contributed by atoms with Crippen LogP contribution in [0.5, 0.6) is 0 Å². The van der Waals surface area contributed by atoms with Crippen LogP contribution in [0.1, 0.15) is 30.6 Å². The van der Waals surface area contributed by atoms with E-state index in [0.29, 0.717) is 11.1 Å². The highest BCUT2D eigenvalue weighted by atomic mass is 32.2. The molecule has 5 nitrogen and oxygen atoms in total. The Hall–Kier alpha value is -1.22. The molecule has 0 aliphatic carbocycles. The highest BCUT2D eigenvalue weighted by molar-refractivity contribution is 7.94. The Morgan fingerprint density at radius 1 is 1.22 bits per heavy atom. The van der Waals surface area contributed by atoms with Crippen LogP contribution < -0.4 is 0 Å². The molecule has 1 aromatic heterocycles. The zero-order valence-electron chi connectivity index (χ0n) is 12.4. The van der Waals surface area contributed by atoms with E-state index in [-0.39, 0.29) is 16.4 Å². The molecule has 1 aromatic carbocycles. The van der Waals surface area contributed by atoms with E-state index in [0.717, 1.165) is 11.3 Å². The maximum Gasteiger partial charge on any atom is 0.272 e. The molecule has 2 atom stereocenters. The average molecular weight is 372 g/mol. The van der Waals surface area contributed by atoms with Crippen LogP contribution >= 0.6 is 11.3 Å². The van der Waals surface area contributed by atoms with Crippen LogP contribution in [-0.2, 0) is 29.9 Å². The average Bonchev–Trinajstić information content (AvgIpc) is 2.96. The third kappa shape index (κ3) is 3.35. The zero-order chi connectivity index (χ0) is 16.7. The van der Waals surface area contributed by atoms with Gasteiger partial charge in [0.05, 0.1) is 5.25 Å². The van der Waals surface area contributed by atoms with Crippen LogP contribution in [0.2, 0.25) is 0 Å². The van der Waals surface area contributed by atoms with Gasteiger partial charge in [-0.05, 0) is 30.4 Å². The predicted octanol–water partition coefficient (Wildman–Crippen LogP) is 2.90. The van der Waals surface area contributed by atoms with Gasteiger partial charge in [-0.2, -0.15) is 8.42 Å². The highest BCUT2D eigenvalue weighted by Gasteiger charge is 2.39. The first-order chi connectivity index (χ1) is 10.8. The lowest BCUT2D eigenvalue weighted by molar-refractivity contribution is 0.196. The van der Waals surface area contributed by atoms with Gasteiger partial charge in [0, 0.05) is 5.56 Å². The molecule has 0 spiro atoms. The Bertz CT molecular complexity index is 898.